The molecule has 0 saturated carbocycles. The van der Waals surface area contributed by atoms with Crippen LogP contribution >= 0.6 is 0 Å². The van der Waals surface area contributed by atoms with Crippen molar-refractivity contribution in [3.05, 3.63) is 100 Å². The fourth-order valence-electron chi connectivity index (χ4n) is 3.95. The van der Waals surface area contributed by atoms with Crippen LogP contribution in [-0.2, 0) is 6.54 Å². The van der Waals surface area contributed by atoms with Crippen LogP contribution in [0.5, 0.6) is 0 Å². The van der Waals surface area contributed by atoms with Gasteiger partial charge in [0.15, 0.2) is 0 Å². The highest BCUT2D eigenvalue weighted by atomic mass is 19.1. The van der Waals surface area contributed by atoms with E-state index in [1.165, 1.54) is 6.20 Å². The molecule has 7 heteroatoms. The van der Waals surface area contributed by atoms with Crippen LogP contribution in [-0.4, -0.2) is 35.8 Å². The van der Waals surface area contributed by atoms with Crippen molar-refractivity contribution in [1.82, 2.24) is 9.88 Å². The summed E-state index contributed by atoms with van der Waals surface area (Å²) in [7, 11) is 1.85. The topological polar surface area (TPSA) is 83.4 Å². The van der Waals surface area contributed by atoms with Crippen molar-refractivity contribution in [2.75, 3.05) is 25.5 Å². The number of nitrogens with one attached hydrogen (secondary N) is 2. The minimum absolute atomic E-state index is 0.0408. The number of hydrogen-bond donors (Lipinski definition) is 3. The molecule has 6 nitrogen and oxygen atoms in total. The average molecular weight is 460 g/mol. The first kappa shape index (κ1) is 23.2. The number of pyridine rings is 1. The van der Waals surface area contributed by atoms with Gasteiger partial charge in [0.05, 0.1) is 11.2 Å². The molecule has 0 unspecified atom stereocenters. The van der Waals surface area contributed by atoms with Gasteiger partial charge in [0.2, 0.25) is 5.43 Å². The van der Waals surface area contributed by atoms with Crippen LogP contribution in [0, 0.1) is 5.82 Å². The molecule has 0 amide bonds. The van der Waals surface area contributed by atoms with E-state index in [0.29, 0.717) is 18.6 Å². The third-order valence-corrected chi connectivity index (χ3v) is 5.73. The first-order chi connectivity index (χ1) is 16.5. The molecule has 4 rings (SSSR count). The number of carbonyl (C=O) groups is 1. The molecule has 1 heterocycles. The van der Waals surface area contributed by atoms with Crippen molar-refractivity contribution in [3.8, 4) is 11.1 Å². The molecule has 0 fully saturated rings. The van der Waals surface area contributed by atoms with Crippen LogP contribution in [0.3, 0.4) is 0 Å². The van der Waals surface area contributed by atoms with Gasteiger partial charge in [-0.25, -0.2) is 9.18 Å². The maximum Gasteiger partial charge on any atom is 0.341 e. The standard InChI is InChI=1S/C27H26FN3O3/c1-29-12-5-13-30-24-15-25-21(14-23(24)28)26(32)22(27(33)34)17-31(25)16-18-8-10-20(11-9-18)19-6-3-2-4-7-19/h2-4,6-11,14-15,17,29-30H,5,12-13,16H2,1H3,(H,33,34). The second kappa shape index (κ2) is 10.3. The molecule has 4 aromatic rings. The van der Waals surface area contributed by atoms with E-state index in [4.69, 9.17) is 0 Å². The maximum absolute atomic E-state index is 14.7. The van der Waals surface area contributed by atoms with Gasteiger partial charge in [0.25, 0.3) is 0 Å². The van der Waals surface area contributed by atoms with Crippen LogP contribution in [0.25, 0.3) is 22.0 Å². The van der Waals surface area contributed by atoms with Gasteiger partial charge in [-0.05, 0) is 48.8 Å². The number of fused-ring (bicyclic) bond motifs is 1. The SMILES string of the molecule is CNCCCNc1cc2c(cc1F)c(=O)c(C(=O)O)cn2Cc1ccc(-c2ccccc2)cc1. The lowest BCUT2D eigenvalue weighted by atomic mass is 10.0. The van der Waals surface area contributed by atoms with Crippen LogP contribution in [0.2, 0.25) is 0 Å². The first-order valence-electron chi connectivity index (χ1n) is 11.1. The predicted octanol–water partition coefficient (Wildman–Crippen LogP) is 4.58. The Labute approximate surface area is 196 Å². The number of aromatic nitrogens is 1. The summed E-state index contributed by atoms with van der Waals surface area (Å²) >= 11 is 0. The van der Waals surface area contributed by atoms with Crippen LogP contribution in [0.15, 0.2) is 77.7 Å². The molecule has 0 aliphatic carbocycles. The minimum Gasteiger partial charge on any atom is -0.477 e. The van der Waals surface area contributed by atoms with Gasteiger partial charge in [-0.1, -0.05) is 54.6 Å². The second-order valence-electron chi connectivity index (χ2n) is 8.10. The van der Waals surface area contributed by atoms with E-state index in [1.54, 1.807) is 10.6 Å². The Kier molecular flexibility index (Phi) is 7.04. The largest absolute Gasteiger partial charge is 0.477 e. The van der Waals surface area contributed by atoms with Gasteiger partial charge in [-0.15, -0.1) is 0 Å². The number of hydrogen-bond acceptors (Lipinski definition) is 4. The fraction of sp³-hybridized carbons (Fsp3) is 0.185. The van der Waals surface area contributed by atoms with Gasteiger partial charge in [0.1, 0.15) is 11.4 Å². The molecule has 1 aromatic heterocycles. The highest BCUT2D eigenvalue weighted by molar-refractivity contribution is 5.93. The molecule has 0 bridgehead atoms. The van der Waals surface area contributed by atoms with Crippen molar-refractivity contribution < 1.29 is 14.3 Å². The first-order valence-corrected chi connectivity index (χ1v) is 11.1. The van der Waals surface area contributed by atoms with Crippen molar-refractivity contribution in [1.29, 1.82) is 0 Å². The molecule has 0 aliphatic heterocycles. The molecular weight excluding hydrogens is 433 g/mol. The summed E-state index contributed by atoms with van der Waals surface area (Å²) in [5.74, 6) is -1.93. The molecule has 0 aliphatic rings. The number of carboxylic acids is 1. The average Bonchev–Trinajstić information content (AvgIpc) is 2.85. The molecule has 174 valence electrons. The second-order valence-corrected chi connectivity index (χ2v) is 8.10. The molecule has 34 heavy (non-hydrogen) atoms. The van der Waals surface area contributed by atoms with Crippen LogP contribution in [0.1, 0.15) is 22.3 Å². The van der Waals surface area contributed by atoms with E-state index in [1.807, 2.05) is 61.6 Å². The third-order valence-electron chi connectivity index (χ3n) is 5.73. The van der Waals surface area contributed by atoms with Gasteiger partial charge >= 0.3 is 5.97 Å². The predicted molar refractivity (Wildman–Crippen MR) is 133 cm³/mol. The van der Waals surface area contributed by atoms with E-state index in [-0.39, 0.29) is 16.6 Å². The summed E-state index contributed by atoms with van der Waals surface area (Å²) in [6.45, 7) is 1.67. The number of carboxylic acid groups (broad SMARTS) is 1. The van der Waals surface area contributed by atoms with Gasteiger partial charge in [-0.3, -0.25) is 4.79 Å². The highest BCUT2D eigenvalue weighted by Crippen LogP contribution is 2.24. The van der Waals surface area contributed by atoms with E-state index < -0.39 is 17.2 Å². The van der Waals surface area contributed by atoms with Crippen molar-refractivity contribution in [3.63, 3.8) is 0 Å². The Morgan fingerprint density at radius 3 is 2.38 bits per heavy atom. The number of halogens is 1. The normalized spacial score (nSPS) is 11.0. The van der Waals surface area contributed by atoms with E-state index in [2.05, 4.69) is 10.6 Å². The zero-order valence-electron chi connectivity index (χ0n) is 18.8. The number of anilines is 1. The Morgan fingerprint density at radius 2 is 1.71 bits per heavy atom. The molecule has 3 aromatic carbocycles. The minimum atomic E-state index is -1.34. The summed E-state index contributed by atoms with van der Waals surface area (Å²) in [6, 6.07) is 20.6. The summed E-state index contributed by atoms with van der Waals surface area (Å²) < 4.78 is 16.4. The zero-order valence-corrected chi connectivity index (χ0v) is 18.8. The Morgan fingerprint density at radius 1 is 1.00 bits per heavy atom. The molecular formula is C27H26FN3O3. The lowest BCUT2D eigenvalue weighted by molar-refractivity contribution is 0.0695. The van der Waals surface area contributed by atoms with Crippen LogP contribution < -0.4 is 16.1 Å². The summed E-state index contributed by atoms with van der Waals surface area (Å²) in [5, 5.41) is 15.7. The monoisotopic (exact) mass is 459 g/mol. The summed E-state index contributed by atoms with van der Waals surface area (Å²) in [5.41, 5.74) is 2.75. The lowest BCUT2D eigenvalue weighted by Crippen LogP contribution is -2.20. The molecule has 0 radical (unpaired) electrons. The van der Waals surface area contributed by atoms with E-state index in [0.717, 1.165) is 35.7 Å². The van der Waals surface area contributed by atoms with Crippen molar-refractivity contribution in [2.45, 2.75) is 13.0 Å². The lowest BCUT2D eigenvalue weighted by Gasteiger charge is -2.15. The Hall–Kier alpha value is -3.97. The van der Waals surface area contributed by atoms with E-state index in [9.17, 15) is 19.1 Å². The summed E-state index contributed by atoms with van der Waals surface area (Å²) in [6.07, 6.45) is 2.13. The molecule has 0 atom stereocenters. The van der Waals surface area contributed by atoms with Crippen LogP contribution in [0.4, 0.5) is 10.1 Å². The third kappa shape index (κ3) is 5.00. The molecule has 0 spiro atoms. The smallest absolute Gasteiger partial charge is 0.341 e. The fourth-order valence-corrected chi connectivity index (χ4v) is 3.95. The highest BCUT2D eigenvalue weighted by Gasteiger charge is 2.17. The van der Waals surface area contributed by atoms with Gasteiger partial charge < -0.3 is 20.3 Å². The van der Waals surface area contributed by atoms with Gasteiger partial charge in [0, 0.05) is 24.7 Å². The molecule has 3 N–H and O–H groups in total. The quantitative estimate of drug-likeness (QED) is 0.319. The number of nitrogens with zero attached hydrogens (tertiary/aromatic N) is 1. The van der Waals surface area contributed by atoms with Crippen molar-refractivity contribution >= 4 is 22.6 Å². The Bertz CT molecular complexity index is 1370. The van der Waals surface area contributed by atoms with Crippen molar-refractivity contribution in [2.24, 2.45) is 0 Å². The summed E-state index contributed by atoms with van der Waals surface area (Å²) in [4.78, 5) is 24.5. The number of rotatable bonds is 9. The molecule has 0 saturated heterocycles. The Balaban J connectivity index is 1.73. The zero-order chi connectivity index (χ0) is 24.1. The maximum atomic E-state index is 14.7. The number of aromatic carboxylic acids is 1. The van der Waals surface area contributed by atoms with Gasteiger partial charge in [-0.2, -0.15) is 0 Å². The van der Waals surface area contributed by atoms with E-state index >= 15 is 0 Å². The number of benzene rings is 3.